The van der Waals surface area contributed by atoms with Gasteiger partial charge in [-0.3, -0.25) is 4.90 Å². The summed E-state index contributed by atoms with van der Waals surface area (Å²) in [5.74, 6) is -1.09. The van der Waals surface area contributed by atoms with Crippen LogP contribution < -0.4 is 0 Å². The minimum absolute atomic E-state index is 0.0498. The molecule has 16 nitrogen and oxygen atoms in total. The fraction of sp³-hybridized carbons (Fsp3) is 0.952. The van der Waals surface area contributed by atoms with Gasteiger partial charge in [0.25, 0.3) is 0 Å². The highest BCUT2D eigenvalue weighted by atomic mass is 35.5. The van der Waals surface area contributed by atoms with Gasteiger partial charge in [-0.2, -0.15) is 5.01 Å². The lowest BCUT2D eigenvalue weighted by molar-refractivity contribution is -0.258. The zero-order chi connectivity index (χ0) is 28.4. The van der Waals surface area contributed by atoms with Crippen LogP contribution in [-0.2, 0) is 18.9 Å². The lowest BCUT2D eigenvalue weighted by Crippen LogP contribution is -2.64. The summed E-state index contributed by atoms with van der Waals surface area (Å²) in [6, 6.07) is -0.929. The highest BCUT2D eigenvalue weighted by Crippen LogP contribution is 2.30. The molecule has 0 radical (unpaired) electrons. The second-order valence-corrected chi connectivity index (χ2v) is 9.39. The van der Waals surface area contributed by atoms with Crippen LogP contribution in [0.25, 0.3) is 0 Å². The van der Waals surface area contributed by atoms with Gasteiger partial charge in [-0.25, -0.2) is 4.79 Å². The number of aliphatic hydroxyl groups is 7. The van der Waals surface area contributed by atoms with Crippen LogP contribution in [0, 0.1) is 10.8 Å². The maximum Gasteiger partial charge on any atom is 0.345 e. The van der Waals surface area contributed by atoms with Crippen LogP contribution in [0.2, 0.25) is 0 Å². The first-order valence-corrected chi connectivity index (χ1v) is 12.7. The fourth-order valence-corrected chi connectivity index (χ4v) is 4.55. The van der Waals surface area contributed by atoms with Crippen molar-refractivity contribution < 1.29 is 59.5 Å². The number of methoxy groups -OCH3 is 1. The number of hydrogen-bond donors (Lipinski definition) is 7. The van der Waals surface area contributed by atoms with Crippen LogP contribution in [0.1, 0.15) is 6.42 Å². The Morgan fingerprint density at radius 1 is 0.895 bits per heavy atom. The number of alkyl halides is 1. The highest BCUT2D eigenvalue weighted by Gasteiger charge is 2.49. The number of nitroso groups, excluding NO2 is 1. The summed E-state index contributed by atoms with van der Waals surface area (Å²) >= 11 is 5.64. The molecule has 10 unspecified atom stereocenters. The first-order chi connectivity index (χ1) is 18.2. The number of aliphatic hydroxyl groups excluding tert-OH is 7. The smallest absolute Gasteiger partial charge is 0.345 e. The van der Waals surface area contributed by atoms with Crippen molar-refractivity contribution in [3.05, 3.63) is 4.91 Å². The number of amides is 2. The lowest BCUT2D eigenvalue weighted by atomic mass is 9.88. The molecule has 2 aliphatic rings. The molecule has 2 fully saturated rings. The van der Waals surface area contributed by atoms with Gasteiger partial charge in [0.05, 0.1) is 50.5 Å². The molecule has 0 aromatic carbocycles. The SMILES string of the molecule is COCCCN(C(=O)N(CCCl)N=O)C1OC(CO)C(COCC2OC(CO)C(O)C(O)C2O)C(O)C1O. The standard InChI is InChI=1S/C21H38ClN3O13/c1-35-6-2-4-24(21(33)25(23-34)5-3-22)20-19(32)15(28)11(12(7-26)38-20)9-36-10-14-17(30)18(31)16(29)13(8-27)37-14/h11-20,26-32H,2-10H2,1H3. The molecule has 2 rings (SSSR count). The Morgan fingerprint density at radius 3 is 2.13 bits per heavy atom. The Hall–Kier alpha value is -1.28. The van der Waals surface area contributed by atoms with E-state index >= 15 is 0 Å². The molecule has 222 valence electrons. The quantitative estimate of drug-likeness (QED) is 0.0463. The van der Waals surface area contributed by atoms with Gasteiger partial charge in [-0.15, -0.1) is 16.5 Å². The third-order valence-corrected chi connectivity index (χ3v) is 6.72. The Balaban J connectivity index is 2.10. The van der Waals surface area contributed by atoms with Crippen LogP contribution in [0.5, 0.6) is 0 Å². The summed E-state index contributed by atoms with van der Waals surface area (Å²) in [7, 11) is 1.45. The molecule has 38 heavy (non-hydrogen) atoms. The van der Waals surface area contributed by atoms with E-state index in [4.69, 9.17) is 30.5 Å². The van der Waals surface area contributed by atoms with E-state index in [1.54, 1.807) is 0 Å². The van der Waals surface area contributed by atoms with Crippen LogP contribution in [0.4, 0.5) is 4.79 Å². The van der Waals surface area contributed by atoms with Crippen molar-refractivity contribution in [2.24, 2.45) is 11.2 Å². The van der Waals surface area contributed by atoms with Gasteiger partial charge >= 0.3 is 6.03 Å². The second kappa shape index (κ2) is 16.1. The van der Waals surface area contributed by atoms with Crippen molar-refractivity contribution in [2.75, 3.05) is 59.1 Å². The number of ether oxygens (including phenoxy) is 4. The Labute approximate surface area is 224 Å². The predicted octanol–water partition coefficient (Wildman–Crippen LogP) is -3.42. The molecule has 10 atom stereocenters. The van der Waals surface area contributed by atoms with Crippen LogP contribution in [-0.4, -0.2) is 166 Å². The van der Waals surface area contributed by atoms with Gasteiger partial charge < -0.3 is 54.7 Å². The summed E-state index contributed by atoms with van der Waals surface area (Å²) in [6.45, 7) is -1.92. The molecule has 2 saturated heterocycles. The summed E-state index contributed by atoms with van der Waals surface area (Å²) < 4.78 is 21.7. The van der Waals surface area contributed by atoms with E-state index in [1.165, 1.54) is 7.11 Å². The van der Waals surface area contributed by atoms with Crippen molar-refractivity contribution >= 4 is 17.6 Å². The van der Waals surface area contributed by atoms with Gasteiger partial charge in [0, 0.05) is 32.1 Å². The van der Waals surface area contributed by atoms with Gasteiger partial charge in [0.1, 0.15) is 36.6 Å². The maximum absolute atomic E-state index is 13.0. The zero-order valence-electron chi connectivity index (χ0n) is 20.9. The molecule has 0 saturated carbocycles. The Bertz CT molecular complexity index is 724. The molecule has 0 spiro atoms. The maximum atomic E-state index is 13.0. The molecule has 17 heteroatoms. The molecule has 2 heterocycles. The number of rotatable bonds is 14. The lowest BCUT2D eigenvalue weighted by Gasteiger charge is -2.46. The molecule has 7 N–H and O–H groups in total. The first kappa shape index (κ1) is 32.9. The minimum atomic E-state index is -1.69. The monoisotopic (exact) mass is 575 g/mol. The number of hydrogen-bond acceptors (Lipinski definition) is 14. The average molecular weight is 576 g/mol. The van der Waals surface area contributed by atoms with E-state index in [0.29, 0.717) is 5.01 Å². The molecule has 0 aromatic rings. The largest absolute Gasteiger partial charge is 0.394 e. The Kier molecular flexibility index (Phi) is 13.9. The van der Waals surface area contributed by atoms with E-state index < -0.39 is 80.2 Å². The third kappa shape index (κ3) is 7.89. The van der Waals surface area contributed by atoms with Crippen molar-refractivity contribution in [1.82, 2.24) is 9.91 Å². The van der Waals surface area contributed by atoms with Gasteiger partial charge in [-0.05, 0) is 6.42 Å². The Morgan fingerprint density at radius 2 is 1.55 bits per heavy atom. The van der Waals surface area contributed by atoms with Crippen molar-refractivity contribution in [3.8, 4) is 0 Å². The molecule has 2 amide bonds. The fourth-order valence-electron chi connectivity index (χ4n) is 4.39. The van der Waals surface area contributed by atoms with Gasteiger partial charge in [-0.1, -0.05) is 0 Å². The number of nitrogens with zero attached hydrogens (tertiary/aromatic N) is 3. The van der Waals surface area contributed by atoms with Crippen LogP contribution in [0.15, 0.2) is 5.29 Å². The predicted molar refractivity (Wildman–Crippen MR) is 128 cm³/mol. The van der Waals surface area contributed by atoms with Gasteiger partial charge in [0.2, 0.25) is 0 Å². The number of carbonyl (C=O) groups is 1. The van der Waals surface area contributed by atoms with Crippen molar-refractivity contribution in [2.45, 2.75) is 61.5 Å². The normalized spacial score (nSPS) is 35.6. The summed E-state index contributed by atoms with van der Waals surface area (Å²) in [4.78, 5) is 25.2. The van der Waals surface area contributed by atoms with Crippen LogP contribution in [0.3, 0.4) is 0 Å². The van der Waals surface area contributed by atoms with Crippen LogP contribution >= 0.6 is 11.6 Å². The van der Waals surface area contributed by atoms with Crippen molar-refractivity contribution in [1.29, 1.82) is 0 Å². The molecular weight excluding hydrogens is 538 g/mol. The molecule has 0 aromatic heterocycles. The molecular formula is C21H38ClN3O13. The highest BCUT2D eigenvalue weighted by molar-refractivity contribution is 6.18. The molecule has 2 aliphatic heterocycles. The average Bonchev–Trinajstić information content (AvgIpc) is 2.92. The zero-order valence-corrected chi connectivity index (χ0v) is 21.7. The van der Waals surface area contributed by atoms with Gasteiger partial charge in [0.15, 0.2) is 6.23 Å². The van der Waals surface area contributed by atoms with E-state index in [-0.39, 0.29) is 45.2 Å². The number of urea groups is 1. The van der Waals surface area contributed by atoms with E-state index in [1.807, 2.05) is 0 Å². The second-order valence-electron chi connectivity index (χ2n) is 9.01. The summed E-state index contributed by atoms with van der Waals surface area (Å²) in [5.41, 5.74) is 0. The van der Waals surface area contributed by atoms with E-state index in [9.17, 15) is 45.4 Å². The van der Waals surface area contributed by atoms with Crippen molar-refractivity contribution in [3.63, 3.8) is 0 Å². The minimum Gasteiger partial charge on any atom is -0.394 e. The molecule has 0 aliphatic carbocycles. The number of halogens is 1. The number of carbonyl (C=O) groups excluding carboxylic acids is 1. The summed E-state index contributed by atoms with van der Waals surface area (Å²) in [5, 5.41) is 74.1. The van der Waals surface area contributed by atoms with E-state index in [2.05, 4.69) is 5.29 Å². The third-order valence-electron chi connectivity index (χ3n) is 6.55. The summed E-state index contributed by atoms with van der Waals surface area (Å²) in [6.07, 6.45) is -12.5. The first-order valence-electron chi connectivity index (χ1n) is 12.1. The topological polar surface area (TPSA) is 232 Å². The van der Waals surface area contributed by atoms with E-state index in [0.717, 1.165) is 4.90 Å². The molecule has 0 bridgehead atoms.